The molecule has 0 aromatic heterocycles. The van der Waals surface area contributed by atoms with E-state index in [1.165, 1.54) is 14.2 Å². The van der Waals surface area contributed by atoms with Gasteiger partial charge in [-0.05, 0) is 19.1 Å². The first-order valence-corrected chi connectivity index (χ1v) is 5.75. The van der Waals surface area contributed by atoms with E-state index in [9.17, 15) is 4.79 Å². The Bertz CT molecular complexity index is 374. The molecule has 5 nitrogen and oxygen atoms in total. The molecule has 1 amide bonds. The van der Waals surface area contributed by atoms with Crippen LogP contribution in [0.15, 0.2) is 24.3 Å². The Balaban J connectivity index is 2.68. The third kappa shape index (κ3) is 4.35. The number of anilines is 1. The molecule has 100 valence electrons. The van der Waals surface area contributed by atoms with Gasteiger partial charge in [0.2, 0.25) is 5.91 Å². The van der Waals surface area contributed by atoms with Gasteiger partial charge in [-0.25, -0.2) is 0 Å². The zero-order valence-electron chi connectivity index (χ0n) is 11.0. The lowest BCUT2D eigenvalue weighted by Crippen LogP contribution is -2.39. The van der Waals surface area contributed by atoms with Crippen LogP contribution in [0.1, 0.15) is 12.0 Å². The molecular formula is C13H20N2O3. The largest absolute Gasteiger partial charge is 0.374 e. The zero-order valence-corrected chi connectivity index (χ0v) is 11.0. The second-order valence-electron chi connectivity index (χ2n) is 4.10. The van der Waals surface area contributed by atoms with Crippen molar-refractivity contribution in [2.75, 3.05) is 19.5 Å². The summed E-state index contributed by atoms with van der Waals surface area (Å²) in [6.07, 6.45) is -0.101. The molecule has 1 aromatic carbocycles. The van der Waals surface area contributed by atoms with Crippen LogP contribution in [0.3, 0.4) is 0 Å². The molecule has 0 spiro atoms. The van der Waals surface area contributed by atoms with Gasteiger partial charge in [0.25, 0.3) is 0 Å². The molecular weight excluding hydrogens is 232 g/mol. The van der Waals surface area contributed by atoms with Gasteiger partial charge in [0.05, 0.1) is 0 Å². The molecule has 0 bridgehead atoms. The summed E-state index contributed by atoms with van der Waals surface area (Å²) in [5, 5.41) is 3.07. The third-order valence-corrected chi connectivity index (χ3v) is 2.69. The fourth-order valence-corrected chi connectivity index (χ4v) is 1.58. The number of aryl methyl sites for hydroxylation is 1. The van der Waals surface area contributed by atoms with E-state index >= 15 is 0 Å². The van der Waals surface area contributed by atoms with Gasteiger partial charge in [0.15, 0.2) is 6.29 Å². The van der Waals surface area contributed by atoms with Crippen molar-refractivity contribution in [1.82, 2.24) is 0 Å². The molecule has 0 radical (unpaired) electrons. The monoisotopic (exact) mass is 252 g/mol. The highest BCUT2D eigenvalue weighted by Crippen LogP contribution is 2.13. The Morgan fingerprint density at radius 2 is 1.83 bits per heavy atom. The maximum Gasteiger partial charge on any atom is 0.240 e. The molecule has 0 aliphatic rings. The fourth-order valence-electron chi connectivity index (χ4n) is 1.58. The van der Waals surface area contributed by atoms with E-state index in [-0.39, 0.29) is 0 Å². The lowest BCUT2D eigenvalue weighted by Gasteiger charge is -2.21. The van der Waals surface area contributed by atoms with Gasteiger partial charge in [-0.15, -0.1) is 0 Å². The Kier molecular flexibility index (Phi) is 5.61. The van der Waals surface area contributed by atoms with Crippen LogP contribution in [0.25, 0.3) is 0 Å². The molecule has 1 aromatic rings. The van der Waals surface area contributed by atoms with Crippen molar-refractivity contribution in [2.24, 2.45) is 5.73 Å². The van der Waals surface area contributed by atoms with Crippen molar-refractivity contribution >= 4 is 11.6 Å². The van der Waals surface area contributed by atoms with Crippen LogP contribution < -0.4 is 11.1 Å². The molecule has 0 aliphatic carbocycles. The van der Waals surface area contributed by atoms with Crippen molar-refractivity contribution < 1.29 is 14.3 Å². The lowest BCUT2D eigenvalue weighted by molar-refractivity contribution is -0.127. The molecule has 0 heterocycles. The van der Waals surface area contributed by atoms with Crippen LogP contribution in [-0.4, -0.2) is 32.5 Å². The number of hydrogen-bond acceptors (Lipinski definition) is 4. The molecule has 0 fully saturated rings. The quantitative estimate of drug-likeness (QED) is 0.717. The molecule has 0 saturated carbocycles. The normalized spacial score (nSPS) is 12.4. The number of nitrogens with one attached hydrogen (secondary N) is 1. The number of carbonyl (C=O) groups excluding carboxylic acids is 1. The predicted octanol–water partition coefficient (Wildman–Crippen LogP) is 1.27. The summed E-state index contributed by atoms with van der Waals surface area (Å²) in [4.78, 5) is 11.4. The maximum atomic E-state index is 11.4. The average molecular weight is 252 g/mol. The summed E-state index contributed by atoms with van der Waals surface area (Å²) in [7, 11) is 3.05. The average Bonchev–Trinajstić information content (AvgIpc) is 2.36. The number of primary amides is 1. The van der Waals surface area contributed by atoms with Crippen molar-refractivity contribution in [3.63, 3.8) is 0 Å². The summed E-state index contributed by atoms with van der Waals surface area (Å²) in [5.74, 6) is -0.435. The summed E-state index contributed by atoms with van der Waals surface area (Å²) in [5.41, 5.74) is 7.36. The van der Waals surface area contributed by atoms with Gasteiger partial charge in [-0.1, -0.05) is 17.7 Å². The number of hydrogen-bond donors (Lipinski definition) is 2. The van der Waals surface area contributed by atoms with Gasteiger partial charge in [0.1, 0.15) is 6.04 Å². The highest BCUT2D eigenvalue weighted by Gasteiger charge is 2.20. The standard InChI is InChI=1S/C13H20N2O3/c1-9-4-6-10(7-5-9)15-11(13(14)16)8-12(17-2)18-3/h4-7,11-12,15H,8H2,1-3H3,(H2,14,16). The van der Waals surface area contributed by atoms with Gasteiger partial charge in [-0.3, -0.25) is 4.79 Å². The number of methoxy groups -OCH3 is 2. The number of nitrogens with two attached hydrogens (primary N) is 1. The van der Waals surface area contributed by atoms with Gasteiger partial charge < -0.3 is 20.5 Å². The highest BCUT2D eigenvalue weighted by atomic mass is 16.7. The third-order valence-electron chi connectivity index (χ3n) is 2.69. The van der Waals surface area contributed by atoms with Crippen LogP contribution in [0.5, 0.6) is 0 Å². The maximum absolute atomic E-state index is 11.4. The van der Waals surface area contributed by atoms with E-state index in [2.05, 4.69) is 5.32 Å². The van der Waals surface area contributed by atoms with E-state index < -0.39 is 18.2 Å². The Hall–Kier alpha value is -1.59. The van der Waals surface area contributed by atoms with Crippen LogP contribution in [-0.2, 0) is 14.3 Å². The van der Waals surface area contributed by atoms with Crippen LogP contribution in [0.4, 0.5) is 5.69 Å². The van der Waals surface area contributed by atoms with Crippen molar-refractivity contribution in [3.05, 3.63) is 29.8 Å². The lowest BCUT2D eigenvalue weighted by atomic mass is 10.1. The molecule has 18 heavy (non-hydrogen) atoms. The van der Waals surface area contributed by atoms with Gasteiger partial charge in [-0.2, -0.15) is 0 Å². The second-order valence-corrected chi connectivity index (χ2v) is 4.10. The molecule has 1 atom stereocenters. The van der Waals surface area contributed by atoms with Crippen LogP contribution >= 0.6 is 0 Å². The van der Waals surface area contributed by atoms with Crippen LogP contribution in [0.2, 0.25) is 0 Å². The zero-order chi connectivity index (χ0) is 13.5. The van der Waals surface area contributed by atoms with Gasteiger partial charge in [0, 0.05) is 26.3 Å². The number of rotatable bonds is 7. The first-order valence-electron chi connectivity index (χ1n) is 5.75. The minimum atomic E-state index is -0.530. The summed E-state index contributed by atoms with van der Waals surface area (Å²) in [6.45, 7) is 2.00. The van der Waals surface area contributed by atoms with E-state index in [0.29, 0.717) is 6.42 Å². The van der Waals surface area contributed by atoms with E-state index in [1.54, 1.807) is 0 Å². The molecule has 0 aliphatic heterocycles. The minimum Gasteiger partial charge on any atom is -0.374 e. The number of benzene rings is 1. The summed E-state index contributed by atoms with van der Waals surface area (Å²) < 4.78 is 10.1. The molecule has 0 saturated heterocycles. The van der Waals surface area contributed by atoms with E-state index in [4.69, 9.17) is 15.2 Å². The Morgan fingerprint density at radius 1 is 1.28 bits per heavy atom. The fraction of sp³-hybridized carbons (Fsp3) is 0.462. The molecule has 1 rings (SSSR count). The van der Waals surface area contributed by atoms with Crippen molar-refractivity contribution in [3.8, 4) is 0 Å². The number of ether oxygens (including phenoxy) is 2. The Morgan fingerprint density at radius 3 is 2.28 bits per heavy atom. The smallest absolute Gasteiger partial charge is 0.240 e. The van der Waals surface area contributed by atoms with Crippen LogP contribution in [0, 0.1) is 6.92 Å². The summed E-state index contributed by atoms with van der Waals surface area (Å²) in [6, 6.07) is 7.20. The topological polar surface area (TPSA) is 73.6 Å². The summed E-state index contributed by atoms with van der Waals surface area (Å²) >= 11 is 0. The van der Waals surface area contributed by atoms with Crippen molar-refractivity contribution in [2.45, 2.75) is 25.7 Å². The van der Waals surface area contributed by atoms with E-state index in [0.717, 1.165) is 11.3 Å². The molecule has 3 N–H and O–H groups in total. The van der Waals surface area contributed by atoms with Gasteiger partial charge >= 0.3 is 0 Å². The SMILES string of the molecule is COC(CC(Nc1ccc(C)cc1)C(N)=O)OC. The van der Waals surface area contributed by atoms with E-state index in [1.807, 2.05) is 31.2 Å². The molecule has 1 unspecified atom stereocenters. The number of carbonyl (C=O) groups is 1. The first-order chi connectivity index (χ1) is 8.56. The second kappa shape index (κ2) is 6.98. The molecule has 5 heteroatoms. The Labute approximate surface area is 107 Å². The van der Waals surface area contributed by atoms with Crippen molar-refractivity contribution in [1.29, 1.82) is 0 Å². The minimum absolute atomic E-state index is 0.357. The predicted molar refractivity (Wildman–Crippen MR) is 70.2 cm³/mol. The highest BCUT2D eigenvalue weighted by molar-refractivity contribution is 5.82. The first kappa shape index (κ1) is 14.5. The number of amides is 1.